The van der Waals surface area contributed by atoms with E-state index in [-0.39, 0.29) is 36.2 Å². The van der Waals surface area contributed by atoms with Gasteiger partial charge in [0.05, 0.1) is 12.3 Å². The minimum absolute atomic E-state index is 0.0490. The fraction of sp³-hybridized carbons (Fsp3) is 0.360. The predicted octanol–water partition coefficient (Wildman–Crippen LogP) is 4.46. The molecule has 0 bridgehead atoms. The lowest BCUT2D eigenvalue weighted by Gasteiger charge is -2.37. The summed E-state index contributed by atoms with van der Waals surface area (Å²) in [4.78, 5) is 31.3. The van der Waals surface area contributed by atoms with Crippen molar-refractivity contribution in [3.63, 3.8) is 0 Å². The Hall–Kier alpha value is -3.06. The van der Waals surface area contributed by atoms with Crippen LogP contribution in [0.25, 0.3) is 0 Å². The molecule has 1 aromatic carbocycles. The third kappa shape index (κ3) is 4.17. The zero-order valence-corrected chi connectivity index (χ0v) is 18.8. The summed E-state index contributed by atoms with van der Waals surface area (Å²) in [6, 6.07) is 13.3. The summed E-state index contributed by atoms with van der Waals surface area (Å²) in [5, 5.41) is 2.08. The number of benzene rings is 1. The number of para-hydroxylation sites is 1. The van der Waals surface area contributed by atoms with Gasteiger partial charge in [0.1, 0.15) is 18.9 Å². The van der Waals surface area contributed by atoms with Gasteiger partial charge in [-0.15, -0.1) is 11.3 Å². The summed E-state index contributed by atoms with van der Waals surface area (Å²) in [5.41, 5.74) is 2.22. The highest BCUT2D eigenvalue weighted by Gasteiger charge is 2.38. The maximum Gasteiger partial charge on any atom is 0.290 e. The number of hydrogen-bond acceptors (Lipinski definition) is 5. The number of hydrogen-bond donors (Lipinski definition) is 0. The van der Waals surface area contributed by atoms with E-state index in [0.29, 0.717) is 13.2 Å². The van der Waals surface area contributed by atoms with Crippen molar-refractivity contribution in [3.05, 3.63) is 75.9 Å². The predicted molar refractivity (Wildman–Crippen MR) is 122 cm³/mol. The Bertz CT molecular complexity index is 1100. The molecule has 2 aromatic heterocycles. The van der Waals surface area contributed by atoms with Crippen LogP contribution in [0.3, 0.4) is 0 Å². The number of aryl methyl sites for hydroxylation is 1. The summed E-state index contributed by atoms with van der Waals surface area (Å²) in [5.74, 6) is 0.844. The average molecular weight is 451 g/mol. The summed E-state index contributed by atoms with van der Waals surface area (Å²) >= 11 is 1.73. The maximum atomic E-state index is 13.5. The van der Waals surface area contributed by atoms with E-state index in [0.717, 1.165) is 36.1 Å². The first-order valence-electron chi connectivity index (χ1n) is 11.0. The lowest BCUT2D eigenvalue weighted by atomic mass is 10.00. The number of amides is 2. The minimum Gasteiger partial charge on any atom is -0.491 e. The van der Waals surface area contributed by atoms with E-state index in [1.165, 1.54) is 11.1 Å². The molecular weight excluding hydrogens is 424 g/mol. The van der Waals surface area contributed by atoms with Crippen molar-refractivity contribution in [3.8, 4) is 5.75 Å². The number of carbonyl (C=O) groups is 2. The Balaban J connectivity index is 1.35. The van der Waals surface area contributed by atoms with Gasteiger partial charge in [-0.2, -0.15) is 0 Å². The largest absolute Gasteiger partial charge is 0.491 e. The van der Waals surface area contributed by atoms with Gasteiger partial charge in [0.2, 0.25) is 5.91 Å². The van der Waals surface area contributed by atoms with Crippen LogP contribution in [0.5, 0.6) is 5.75 Å². The van der Waals surface area contributed by atoms with E-state index in [2.05, 4.69) is 11.4 Å². The van der Waals surface area contributed by atoms with Crippen molar-refractivity contribution >= 4 is 23.2 Å². The Morgan fingerprint density at radius 3 is 2.78 bits per heavy atom. The second kappa shape index (κ2) is 8.82. The average Bonchev–Trinajstić information content (AvgIpc) is 3.28. The third-order valence-electron chi connectivity index (χ3n) is 6.19. The molecule has 3 heterocycles. The molecule has 2 amide bonds. The second-order valence-electron chi connectivity index (χ2n) is 8.37. The van der Waals surface area contributed by atoms with E-state index in [1.54, 1.807) is 28.4 Å². The standard InChI is InChI=1S/C25H26N2O4S/c1-17-5-2-3-6-21(17)31-16-20-19-11-14-32-23(19)10-12-26(20)24(28)15-27(18-8-9-18)25(29)22-7-4-13-30-22/h2-7,11,13-14,18,20H,8-10,12,15-16H2,1H3/t20-/m1/s1. The number of ether oxygens (including phenoxy) is 1. The van der Waals surface area contributed by atoms with Crippen LogP contribution in [0.1, 0.15) is 45.4 Å². The summed E-state index contributed by atoms with van der Waals surface area (Å²) in [6.45, 7) is 3.09. The van der Waals surface area contributed by atoms with Gasteiger partial charge in [-0.1, -0.05) is 18.2 Å². The molecule has 1 aliphatic heterocycles. The van der Waals surface area contributed by atoms with Crippen molar-refractivity contribution in [2.24, 2.45) is 0 Å². The van der Waals surface area contributed by atoms with Crippen LogP contribution in [-0.2, 0) is 11.2 Å². The second-order valence-corrected chi connectivity index (χ2v) is 9.37. The van der Waals surface area contributed by atoms with Crippen LogP contribution >= 0.6 is 11.3 Å². The monoisotopic (exact) mass is 450 g/mol. The normalized spacial score (nSPS) is 17.7. The molecule has 1 saturated carbocycles. The molecule has 0 N–H and O–H groups in total. The lowest BCUT2D eigenvalue weighted by Crippen LogP contribution is -2.48. The van der Waals surface area contributed by atoms with Gasteiger partial charge in [-0.3, -0.25) is 9.59 Å². The van der Waals surface area contributed by atoms with Crippen LogP contribution in [-0.4, -0.2) is 47.4 Å². The highest BCUT2D eigenvalue weighted by atomic mass is 32.1. The lowest BCUT2D eigenvalue weighted by molar-refractivity contribution is -0.135. The van der Waals surface area contributed by atoms with E-state index in [1.807, 2.05) is 36.1 Å². The van der Waals surface area contributed by atoms with E-state index in [4.69, 9.17) is 9.15 Å². The minimum atomic E-state index is -0.216. The molecule has 0 spiro atoms. The van der Waals surface area contributed by atoms with Gasteiger partial charge in [0.15, 0.2) is 5.76 Å². The van der Waals surface area contributed by atoms with Gasteiger partial charge in [0.25, 0.3) is 5.91 Å². The molecule has 7 heteroatoms. The van der Waals surface area contributed by atoms with E-state index >= 15 is 0 Å². The third-order valence-corrected chi connectivity index (χ3v) is 7.19. The topological polar surface area (TPSA) is 63.0 Å². The Morgan fingerprint density at radius 2 is 2.03 bits per heavy atom. The molecule has 166 valence electrons. The van der Waals surface area contributed by atoms with Crippen LogP contribution in [0, 0.1) is 6.92 Å². The SMILES string of the molecule is Cc1ccccc1OC[C@@H]1c2ccsc2CCN1C(=O)CN(C(=O)c1ccco1)C1CC1. The van der Waals surface area contributed by atoms with Crippen molar-refractivity contribution in [1.29, 1.82) is 0 Å². The van der Waals surface area contributed by atoms with Crippen LogP contribution in [0.15, 0.2) is 58.5 Å². The fourth-order valence-corrected chi connectivity index (χ4v) is 5.22. The van der Waals surface area contributed by atoms with E-state index < -0.39 is 0 Å². The van der Waals surface area contributed by atoms with Gasteiger partial charge in [-0.25, -0.2) is 0 Å². The summed E-state index contributed by atoms with van der Waals surface area (Å²) in [7, 11) is 0. The van der Waals surface area contributed by atoms with E-state index in [9.17, 15) is 9.59 Å². The Labute approximate surface area is 191 Å². The summed E-state index contributed by atoms with van der Waals surface area (Å²) < 4.78 is 11.5. The smallest absolute Gasteiger partial charge is 0.290 e. The van der Waals surface area contributed by atoms with Crippen molar-refractivity contribution in [2.75, 3.05) is 19.7 Å². The quantitative estimate of drug-likeness (QED) is 0.533. The molecular formula is C25H26N2O4S. The molecule has 6 nitrogen and oxygen atoms in total. The molecule has 0 radical (unpaired) electrons. The summed E-state index contributed by atoms with van der Waals surface area (Å²) in [6.07, 6.45) is 4.17. The zero-order chi connectivity index (χ0) is 22.1. The Kier molecular flexibility index (Phi) is 5.74. The maximum absolute atomic E-state index is 13.5. The van der Waals surface area contributed by atoms with Crippen molar-refractivity contribution in [2.45, 2.75) is 38.3 Å². The first kappa shape index (κ1) is 20.8. The number of carbonyl (C=O) groups excluding carboxylic acids is 2. The molecule has 5 rings (SSSR count). The van der Waals surface area contributed by atoms with Crippen molar-refractivity contribution < 1.29 is 18.7 Å². The van der Waals surface area contributed by atoms with Crippen LogP contribution in [0.2, 0.25) is 0 Å². The number of fused-ring (bicyclic) bond motifs is 1. The molecule has 0 saturated heterocycles. The number of thiophene rings is 1. The number of rotatable bonds is 7. The molecule has 32 heavy (non-hydrogen) atoms. The number of furan rings is 1. The fourth-order valence-electron chi connectivity index (χ4n) is 4.29. The molecule has 1 atom stereocenters. The molecule has 3 aromatic rings. The number of nitrogens with zero attached hydrogens (tertiary/aromatic N) is 2. The first-order chi connectivity index (χ1) is 15.6. The van der Waals surface area contributed by atoms with Gasteiger partial charge in [-0.05, 0) is 67.0 Å². The Morgan fingerprint density at radius 1 is 1.19 bits per heavy atom. The van der Waals surface area contributed by atoms with Crippen molar-refractivity contribution in [1.82, 2.24) is 9.80 Å². The highest BCUT2D eigenvalue weighted by molar-refractivity contribution is 7.10. The zero-order valence-electron chi connectivity index (χ0n) is 18.0. The molecule has 2 aliphatic rings. The first-order valence-corrected chi connectivity index (χ1v) is 11.9. The molecule has 0 unspecified atom stereocenters. The molecule has 1 fully saturated rings. The highest BCUT2D eigenvalue weighted by Crippen LogP contribution is 2.35. The van der Waals surface area contributed by atoms with Gasteiger partial charge in [0, 0.05) is 17.5 Å². The molecule has 1 aliphatic carbocycles. The van der Waals surface area contributed by atoms with Gasteiger partial charge < -0.3 is 19.0 Å². The van der Waals surface area contributed by atoms with Crippen LogP contribution in [0.4, 0.5) is 0 Å². The van der Waals surface area contributed by atoms with Crippen LogP contribution < -0.4 is 4.74 Å². The van der Waals surface area contributed by atoms with Gasteiger partial charge >= 0.3 is 0 Å².